The van der Waals surface area contributed by atoms with Crippen molar-refractivity contribution in [2.75, 3.05) is 20.2 Å². The largest absolute Gasteiger partial charge is 0.376 e. The van der Waals surface area contributed by atoms with Crippen LogP contribution in [0, 0.1) is 5.92 Å². The molecule has 22 heavy (non-hydrogen) atoms. The zero-order valence-corrected chi connectivity index (χ0v) is 13.6. The van der Waals surface area contributed by atoms with Gasteiger partial charge in [0, 0.05) is 20.2 Å². The van der Waals surface area contributed by atoms with E-state index in [0.717, 1.165) is 30.8 Å². The van der Waals surface area contributed by atoms with E-state index in [1.54, 1.807) is 7.11 Å². The molecule has 1 aromatic heterocycles. The maximum Gasteiger partial charge on any atom is 0.263 e. The highest BCUT2D eigenvalue weighted by Gasteiger charge is 2.29. The molecule has 2 aromatic rings. The Morgan fingerprint density at radius 1 is 1.18 bits per heavy atom. The summed E-state index contributed by atoms with van der Waals surface area (Å²) in [6, 6.07) is 14.2. The van der Waals surface area contributed by atoms with Gasteiger partial charge in [-0.25, -0.2) is 0 Å². The van der Waals surface area contributed by atoms with Gasteiger partial charge in [-0.3, -0.25) is 4.79 Å². The highest BCUT2D eigenvalue weighted by Crippen LogP contribution is 2.33. The molecule has 0 N–H and O–H groups in total. The van der Waals surface area contributed by atoms with Crippen LogP contribution in [0.4, 0.5) is 0 Å². The SMILES string of the molecule is COC(c1ccccc1)C1CCN(C(=O)c2cccs2)CC1. The average molecular weight is 315 g/mol. The van der Waals surface area contributed by atoms with Crippen molar-refractivity contribution in [3.05, 3.63) is 58.3 Å². The Kier molecular flexibility index (Phi) is 4.90. The lowest BCUT2D eigenvalue weighted by atomic mass is 9.87. The fourth-order valence-corrected chi connectivity index (χ4v) is 3.90. The minimum atomic E-state index is 0.125. The van der Waals surface area contributed by atoms with E-state index < -0.39 is 0 Å². The molecule has 1 fully saturated rings. The minimum Gasteiger partial charge on any atom is -0.376 e. The molecule has 0 bridgehead atoms. The first kappa shape index (κ1) is 15.3. The maximum absolute atomic E-state index is 12.4. The van der Waals surface area contributed by atoms with Gasteiger partial charge in [-0.15, -0.1) is 11.3 Å². The monoisotopic (exact) mass is 315 g/mol. The normalized spacial score (nSPS) is 17.4. The van der Waals surface area contributed by atoms with Gasteiger partial charge in [0.05, 0.1) is 11.0 Å². The molecule has 1 atom stereocenters. The van der Waals surface area contributed by atoms with E-state index in [1.165, 1.54) is 16.9 Å². The second-order valence-corrected chi connectivity index (χ2v) is 6.62. The lowest BCUT2D eigenvalue weighted by molar-refractivity contribution is 0.0196. The topological polar surface area (TPSA) is 29.5 Å². The molecule has 0 spiro atoms. The Morgan fingerprint density at radius 3 is 2.50 bits per heavy atom. The number of thiophene rings is 1. The third-order valence-corrected chi connectivity index (χ3v) is 5.23. The summed E-state index contributed by atoms with van der Waals surface area (Å²) in [7, 11) is 1.78. The molecule has 0 aliphatic carbocycles. The zero-order valence-electron chi connectivity index (χ0n) is 12.8. The third kappa shape index (κ3) is 3.23. The number of rotatable bonds is 4. The van der Waals surface area contributed by atoms with Gasteiger partial charge in [-0.1, -0.05) is 36.4 Å². The van der Waals surface area contributed by atoms with E-state index in [0.29, 0.717) is 5.92 Å². The number of nitrogens with zero attached hydrogens (tertiary/aromatic N) is 1. The first-order valence-corrected chi connectivity index (χ1v) is 8.58. The Hall–Kier alpha value is -1.65. The van der Waals surface area contributed by atoms with Crippen molar-refractivity contribution < 1.29 is 9.53 Å². The average Bonchev–Trinajstić information content (AvgIpc) is 3.11. The summed E-state index contributed by atoms with van der Waals surface area (Å²) in [5, 5.41) is 1.95. The number of methoxy groups -OCH3 is 1. The molecule has 1 unspecified atom stereocenters. The molecular weight excluding hydrogens is 294 g/mol. The van der Waals surface area contributed by atoms with E-state index in [4.69, 9.17) is 4.74 Å². The highest BCUT2D eigenvalue weighted by molar-refractivity contribution is 7.12. The molecular formula is C18H21NO2S. The molecule has 3 rings (SSSR count). The predicted octanol–water partition coefficient (Wildman–Crippen LogP) is 3.99. The van der Waals surface area contributed by atoms with Gasteiger partial charge in [0.2, 0.25) is 0 Å². The predicted molar refractivity (Wildman–Crippen MR) is 89.1 cm³/mol. The van der Waals surface area contributed by atoms with Gasteiger partial charge in [-0.2, -0.15) is 0 Å². The van der Waals surface area contributed by atoms with Gasteiger partial charge in [-0.05, 0) is 35.8 Å². The van der Waals surface area contributed by atoms with Crippen LogP contribution in [0.1, 0.15) is 34.2 Å². The summed E-state index contributed by atoms with van der Waals surface area (Å²) >= 11 is 1.52. The molecule has 1 amide bonds. The van der Waals surface area contributed by atoms with Crippen LogP contribution in [-0.2, 0) is 4.74 Å². The number of hydrogen-bond donors (Lipinski definition) is 0. The van der Waals surface area contributed by atoms with Gasteiger partial charge in [0.25, 0.3) is 5.91 Å². The zero-order chi connectivity index (χ0) is 15.4. The van der Waals surface area contributed by atoms with Crippen LogP contribution in [0.15, 0.2) is 47.8 Å². The number of likely N-dealkylation sites (tertiary alicyclic amines) is 1. The van der Waals surface area contributed by atoms with E-state index in [9.17, 15) is 4.79 Å². The van der Waals surface area contributed by atoms with Gasteiger partial charge in [0.1, 0.15) is 0 Å². The highest BCUT2D eigenvalue weighted by atomic mass is 32.1. The minimum absolute atomic E-state index is 0.125. The number of carbonyl (C=O) groups excluding carboxylic acids is 1. The molecule has 0 radical (unpaired) electrons. The summed E-state index contributed by atoms with van der Waals surface area (Å²) in [4.78, 5) is 15.2. The molecule has 3 nitrogen and oxygen atoms in total. The van der Waals surface area contributed by atoms with E-state index in [1.807, 2.05) is 28.5 Å². The fraction of sp³-hybridized carbons (Fsp3) is 0.389. The number of hydrogen-bond acceptors (Lipinski definition) is 3. The van der Waals surface area contributed by atoms with Gasteiger partial charge < -0.3 is 9.64 Å². The molecule has 116 valence electrons. The van der Waals surface area contributed by atoms with E-state index >= 15 is 0 Å². The van der Waals surface area contributed by atoms with Crippen molar-refractivity contribution in [3.63, 3.8) is 0 Å². The summed E-state index contributed by atoms with van der Waals surface area (Å²) in [5.74, 6) is 0.641. The maximum atomic E-state index is 12.4. The van der Waals surface area contributed by atoms with E-state index in [-0.39, 0.29) is 12.0 Å². The van der Waals surface area contributed by atoms with Crippen molar-refractivity contribution in [1.82, 2.24) is 4.90 Å². The Morgan fingerprint density at radius 2 is 1.91 bits per heavy atom. The van der Waals surface area contributed by atoms with Crippen LogP contribution >= 0.6 is 11.3 Å². The molecule has 1 aliphatic rings. The van der Waals surface area contributed by atoms with E-state index in [2.05, 4.69) is 24.3 Å². The van der Waals surface area contributed by atoms with Crippen molar-refractivity contribution in [2.45, 2.75) is 18.9 Å². The van der Waals surface area contributed by atoms with Crippen molar-refractivity contribution in [3.8, 4) is 0 Å². The summed E-state index contributed by atoms with van der Waals surface area (Å²) < 4.78 is 5.74. The molecule has 1 saturated heterocycles. The molecule has 2 heterocycles. The van der Waals surface area contributed by atoms with Crippen LogP contribution in [0.25, 0.3) is 0 Å². The van der Waals surface area contributed by atoms with Gasteiger partial charge in [0.15, 0.2) is 0 Å². The lowest BCUT2D eigenvalue weighted by Crippen LogP contribution is -2.39. The molecule has 0 saturated carbocycles. The number of ether oxygens (including phenoxy) is 1. The van der Waals surface area contributed by atoms with Crippen molar-refractivity contribution in [2.24, 2.45) is 5.92 Å². The summed E-state index contributed by atoms with van der Waals surface area (Å²) in [5.41, 5.74) is 1.23. The Labute approximate surface area is 135 Å². The van der Waals surface area contributed by atoms with Crippen LogP contribution < -0.4 is 0 Å². The molecule has 1 aliphatic heterocycles. The smallest absolute Gasteiger partial charge is 0.263 e. The first-order chi connectivity index (χ1) is 10.8. The Balaban J connectivity index is 1.62. The van der Waals surface area contributed by atoms with Crippen LogP contribution in [0.2, 0.25) is 0 Å². The quantitative estimate of drug-likeness (QED) is 0.854. The molecule has 4 heteroatoms. The Bertz CT molecular complexity index is 589. The van der Waals surface area contributed by atoms with Crippen molar-refractivity contribution in [1.29, 1.82) is 0 Å². The van der Waals surface area contributed by atoms with Crippen LogP contribution in [-0.4, -0.2) is 31.0 Å². The molecule has 1 aromatic carbocycles. The number of amides is 1. The number of carbonyl (C=O) groups is 1. The number of piperidine rings is 1. The fourth-order valence-electron chi connectivity index (χ4n) is 3.20. The second kappa shape index (κ2) is 7.07. The summed E-state index contributed by atoms with van der Waals surface area (Å²) in [6.07, 6.45) is 2.11. The lowest BCUT2D eigenvalue weighted by Gasteiger charge is -2.35. The number of benzene rings is 1. The first-order valence-electron chi connectivity index (χ1n) is 7.70. The van der Waals surface area contributed by atoms with Crippen molar-refractivity contribution >= 4 is 17.2 Å². The van der Waals surface area contributed by atoms with Gasteiger partial charge >= 0.3 is 0 Å². The standard InChI is InChI=1S/C18H21NO2S/c1-21-17(14-6-3-2-4-7-14)15-9-11-19(12-10-15)18(20)16-8-5-13-22-16/h2-8,13,15,17H,9-12H2,1H3. The second-order valence-electron chi connectivity index (χ2n) is 5.67. The summed E-state index contributed by atoms with van der Waals surface area (Å²) in [6.45, 7) is 1.63. The van der Waals surface area contributed by atoms with Crippen LogP contribution in [0.5, 0.6) is 0 Å². The van der Waals surface area contributed by atoms with Crippen LogP contribution in [0.3, 0.4) is 0 Å². The third-order valence-electron chi connectivity index (χ3n) is 4.37.